The SMILES string of the molecule is O=C(O)C1CCC1Nc1ccc(N2CCCC2)cc1. The van der Waals surface area contributed by atoms with E-state index in [-0.39, 0.29) is 12.0 Å². The molecular weight excluding hydrogens is 240 g/mol. The molecule has 4 nitrogen and oxygen atoms in total. The van der Waals surface area contributed by atoms with Crippen LogP contribution in [0.4, 0.5) is 11.4 Å². The van der Waals surface area contributed by atoms with Gasteiger partial charge in [0.25, 0.3) is 0 Å². The fraction of sp³-hybridized carbons (Fsp3) is 0.533. The van der Waals surface area contributed by atoms with Crippen LogP contribution in [0.15, 0.2) is 24.3 Å². The highest BCUT2D eigenvalue weighted by atomic mass is 16.4. The zero-order chi connectivity index (χ0) is 13.2. The molecule has 0 amide bonds. The van der Waals surface area contributed by atoms with Gasteiger partial charge in [-0.2, -0.15) is 0 Å². The van der Waals surface area contributed by atoms with E-state index in [0.29, 0.717) is 0 Å². The molecule has 0 bridgehead atoms. The van der Waals surface area contributed by atoms with Crippen LogP contribution in [0.3, 0.4) is 0 Å². The standard InChI is InChI=1S/C15H20N2O2/c18-15(19)13-7-8-14(13)16-11-3-5-12(6-4-11)17-9-1-2-10-17/h3-6,13-14,16H,1-2,7-10H2,(H,18,19). The van der Waals surface area contributed by atoms with Gasteiger partial charge in [0, 0.05) is 30.5 Å². The lowest BCUT2D eigenvalue weighted by atomic mass is 9.79. The van der Waals surface area contributed by atoms with Crippen molar-refractivity contribution in [3.63, 3.8) is 0 Å². The fourth-order valence-corrected chi connectivity index (χ4v) is 2.93. The smallest absolute Gasteiger partial charge is 0.308 e. The van der Waals surface area contributed by atoms with E-state index in [9.17, 15) is 4.79 Å². The summed E-state index contributed by atoms with van der Waals surface area (Å²) in [5.74, 6) is -0.907. The third kappa shape index (κ3) is 2.53. The highest BCUT2D eigenvalue weighted by molar-refractivity contribution is 5.73. The van der Waals surface area contributed by atoms with Gasteiger partial charge in [0.2, 0.25) is 0 Å². The number of nitrogens with one attached hydrogen (secondary N) is 1. The van der Waals surface area contributed by atoms with E-state index in [1.165, 1.54) is 18.5 Å². The molecular formula is C15H20N2O2. The number of hydrogen-bond donors (Lipinski definition) is 2. The van der Waals surface area contributed by atoms with Crippen LogP contribution in [0.1, 0.15) is 25.7 Å². The maximum atomic E-state index is 11.0. The first-order valence-electron chi connectivity index (χ1n) is 7.08. The van der Waals surface area contributed by atoms with E-state index in [2.05, 4.69) is 34.5 Å². The summed E-state index contributed by atoms with van der Waals surface area (Å²) in [6, 6.07) is 8.47. The van der Waals surface area contributed by atoms with E-state index >= 15 is 0 Å². The number of carboxylic acid groups (broad SMARTS) is 1. The molecule has 1 heterocycles. The predicted octanol–water partition coefficient (Wildman–Crippen LogP) is 2.56. The van der Waals surface area contributed by atoms with Gasteiger partial charge in [-0.25, -0.2) is 0 Å². The van der Waals surface area contributed by atoms with Crippen molar-refractivity contribution in [1.82, 2.24) is 0 Å². The molecule has 3 rings (SSSR count). The number of carboxylic acids is 1. The number of hydrogen-bond acceptors (Lipinski definition) is 3. The first kappa shape index (κ1) is 12.3. The minimum Gasteiger partial charge on any atom is -0.481 e. The van der Waals surface area contributed by atoms with Crippen LogP contribution < -0.4 is 10.2 Å². The van der Waals surface area contributed by atoms with Crippen LogP contribution in [0.25, 0.3) is 0 Å². The van der Waals surface area contributed by atoms with E-state index in [0.717, 1.165) is 31.6 Å². The second kappa shape index (κ2) is 5.11. The zero-order valence-corrected chi connectivity index (χ0v) is 11.0. The minimum absolute atomic E-state index is 0.0927. The molecule has 4 heteroatoms. The topological polar surface area (TPSA) is 52.6 Å². The molecule has 0 spiro atoms. The molecule has 2 fully saturated rings. The number of benzene rings is 1. The molecule has 0 radical (unpaired) electrons. The first-order valence-corrected chi connectivity index (χ1v) is 7.08. The Kier molecular flexibility index (Phi) is 3.32. The number of anilines is 2. The second-order valence-electron chi connectivity index (χ2n) is 5.51. The van der Waals surface area contributed by atoms with Gasteiger partial charge >= 0.3 is 5.97 Å². The van der Waals surface area contributed by atoms with Crippen molar-refractivity contribution in [3.05, 3.63) is 24.3 Å². The summed E-state index contributed by atoms with van der Waals surface area (Å²) in [7, 11) is 0. The molecule has 2 N–H and O–H groups in total. The normalized spacial score (nSPS) is 26.0. The third-order valence-corrected chi connectivity index (χ3v) is 4.28. The molecule has 2 atom stereocenters. The Bertz CT molecular complexity index is 452. The largest absolute Gasteiger partial charge is 0.481 e. The van der Waals surface area contributed by atoms with E-state index in [4.69, 9.17) is 5.11 Å². The Morgan fingerprint density at radius 3 is 2.37 bits per heavy atom. The summed E-state index contributed by atoms with van der Waals surface area (Å²) in [4.78, 5) is 13.4. The molecule has 0 aromatic heterocycles. The molecule has 1 saturated carbocycles. The Labute approximate surface area is 113 Å². The van der Waals surface area contributed by atoms with Gasteiger partial charge in [-0.3, -0.25) is 4.79 Å². The Morgan fingerprint density at radius 1 is 1.16 bits per heavy atom. The minimum atomic E-state index is -0.683. The summed E-state index contributed by atoms with van der Waals surface area (Å²) < 4.78 is 0. The van der Waals surface area contributed by atoms with Gasteiger partial charge in [0.15, 0.2) is 0 Å². The third-order valence-electron chi connectivity index (χ3n) is 4.28. The maximum Gasteiger partial charge on any atom is 0.308 e. The lowest BCUT2D eigenvalue weighted by Gasteiger charge is -2.34. The molecule has 102 valence electrons. The number of nitrogens with zero attached hydrogens (tertiary/aromatic N) is 1. The summed E-state index contributed by atoms with van der Waals surface area (Å²) >= 11 is 0. The maximum absolute atomic E-state index is 11.0. The van der Waals surface area contributed by atoms with Gasteiger partial charge in [-0.15, -0.1) is 0 Å². The van der Waals surface area contributed by atoms with Crippen LogP contribution >= 0.6 is 0 Å². The van der Waals surface area contributed by atoms with Gasteiger partial charge in [0.1, 0.15) is 0 Å². The van der Waals surface area contributed by atoms with Gasteiger partial charge in [-0.05, 0) is 49.9 Å². The van der Waals surface area contributed by atoms with Crippen molar-refractivity contribution < 1.29 is 9.90 Å². The molecule has 1 aromatic carbocycles. The van der Waals surface area contributed by atoms with Gasteiger partial charge in [-0.1, -0.05) is 0 Å². The highest BCUT2D eigenvalue weighted by Gasteiger charge is 2.36. The van der Waals surface area contributed by atoms with Crippen molar-refractivity contribution in [2.45, 2.75) is 31.7 Å². The molecule has 1 saturated heterocycles. The van der Waals surface area contributed by atoms with Crippen LogP contribution in [-0.2, 0) is 4.79 Å². The van der Waals surface area contributed by atoms with Gasteiger partial charge < -0.3 is 15.3 Å². The highest BCUT2D eigenvalue weighted by Crippen LogP contribution is 2.31. The molecule has 1 aromatic rings. The van der Waals surface area contributed by atoms with Crippen molar-refractivity contribution >= 4 is 17.3 Å². The lowest BCUT2D eigenvalue weighted by molar-refractivity contribution is -0.144. The molecule has 19 heavy (non-hydrogen) atoms. The van der Waals surface area contributed by atoms with Crippen LogP contribution in [0.2, 0.25) is 0 Å². The first-order chi connectivity index (χ1) is 9.24. The Hall–Kier alpha value is -1.71. The van der Waals surface area contributed by atoms with E-state index in [1.807, 2.05) is 0 Å². The average molecular weight is 260 g/mol. The van der Waals surface area contributed by atoms with Crippen LogP contribution in [-0.4, -0.2) is 30.2 Å². The van der Waals surface area contributed by atoms with Crippen LogP contribution in [0.5, 0.6) is 0 Å². The fourth-order valence-electron chi connectivity index (χ4n) is 2.93. The number of aliphatic carboxylic acids is 1. The van der Waals surface area contributed by atoms with Crippen molar-refractivity contribution in [2.24, 2.45) is 5.92 Å². The molecule has 1 aliphatic heterocycles. The number of carbonyl (C=O) groups is 1. The van der Waals surface area contributed by atoms with Crippen molar-refractivity contribution in [1.29, 1.82) is 0 Å². The monoisotopic (exact) mass is 260 g/mol. The Balaban J connectivity index is 1.61. The summed E-state index contributed by atoms with van der Waals surface area (Å²) in [6.07, 6.45) is 4.30. The Morgan fingerprint density at radius 2 is 1.84 bits per heavy atom. The lowest BCUT2D eigenvalue weighted by Crippen LogP contribution is -2.42. The van der Waals surface area contributed by atoms with E-state index in [1.54, 1.807) is 0 Å². The van der Waals surface area contributed by atoms with Crippen LogP contribution in [0, 0.1) is 5.92 Å². The summed E-state index contributed by atoms with van der Waals surface area (Å²) in [5, 5.41) is 12.4. The van der Waals surface area contributed by atoms with Crippen molar-refractivity contribution in [2.75, 3.05) is 23.3 Å². The van der Waals surface area contributed by atoms with Gasteiger partial charge in [0.05, 0.1) is 5.92 Å². The second-order valence-corrected chi connectivity index (χ2v) is 5.51. The summed E-state index contributed by atoms with van der Waals surface area (Å²) in [6.45, 7) is 2.30. The van der Waals surface area contributed by atoms with E-state index < -0.39 is 5.97 Å². The quantitative estimate of drug-likeness (QED) is 0.873. The zero-order valence-electron chi connectivity index (χ0n) is 11.0. The molecule has 1 aliphatic carbocycles. The molecule has 2 unspecified atom stereocenters. The average Bonchev–Trinajstić information content (AvgIpc) is 2.88. The summed E-state index contributed by atoms with van der Waals surface area (Å²) in [5.41, 5.74) is 2.30. The predicted molar refractivity (Wildman–Crippen MR) is 75.7 cm³/mol. The number of rotatable bonds is 4. The van der Waals surface area contributed by atoms with Crippen molar-refractivity contribution in [3.8, 4) is 0 Å². The molecule has 2 aliphatic rings.